The second kappa shape index (κ2) is 4.09. The lowest BCUT2D eigenvalue weighted by Crippen LogP contribution is -2.59. The van der Waals surface area contributed by atoms with Gasteiger partial charge >= 0.3 is 0 Å². The summed E-state index contributed by atoms with van der Waals surface area (Å²) in [6, 6.07) is 7.15. The van der Waals surface area contributed by atoms with Crippen LogP contribution in [-0.2, 0) is 9.09 Å². The van der Waals surface area contributed by atoms with Gasteiger partial charge in [-0.2, -0.15) is 0 Å². The summed E-state index contributed by atoms with van der Waals surface area (Å²) < 4.78 is 19.0. The van der Waals surface area contributed by atoms with E-state index < -0.39 is 12.6 Å². The Hall–Kier alpha value is -0.830. The van der Waals surface area contributed by atoms with Crippen molar-refractivity contribution < 1.29 is 9.09 Å². The van der Waals surface area contributed by atoms with Gasteiger partial charge in [-0.05, 0) is 45.9 Å². The van der Waals surface area contributed by atoms with Gasteiger partial charge in [0, 0.05) is 16.5 Å². The maximum atomic E-state index is 13.2. The monoisotopic (exact) mass is 268 g/mol. The van der Waals surface area contributed by atoms with Crippen molar-refractivity contribution in [2.75, 3.05) is 12.3 Å². The lowest BCUT2D eigenvalue weighted by molar-refractivity contribution is 0.147. The minimum atomic E-state index is -2.97. The number of anilines is 1. The molecular formula is C13H21N2O2P. The third kappa shape index (κ3) is 2.20. The van der Waals surface area contributed by atoms with E-state index in [1.54, 1.807) is 12.1 Å². The lowest BCUT2D eigenvalue weighted by atomic mass is 10.1. The first-order valence-corrected chi connectivity index (χ1v) is 7.69. The average Bonchev–Trinajstić information content (AvgIpc) is 2.23. The molecule has 3 N–H and O–H groups in total. The Bertz CT molecular complexity index is 511. The van der Waals surface area contributed by atoms with E-state index >= 15 is 0 Å². The van der Waals surface area contributed by atoms with Gasteiger partial charge in [-0.25, -0.2) is 0 Å². The molecule has 0 bridgehead atoms. The Kier molecular flexibility index (Phi) is 3.09. The quantitative estimate of drug-likeness (QED) is 0.606. The first-order valence-electron chi connectivity index (χ1n) is 6.06. The minimum absolute atomic E-state index is 0.183. The predicted molar refractivity (Wildman–Crippen MR) is 75.3 cm³/mol. The molecule has 1 aliphatic heterocycles. The fourth-order valence-corrected chi connectivity index (χ4v) is 5.13. The molecule has 1 aromatic carbocycles. The highest BCUT2D eigenvalue weighted by Crippen LogP contribution is 2.59. The zero-order valence-electron chi connectivity index (χ0n) is 11.4. The topological polar surface area (TPSA) is 64.3 Å². The van der Waals surface area contributed by atoms with Gasteiger partial charge < -0.3 is 10.3 Å². The maximum Gasteiger partial charge on any atom is 0.251 e. The summed E-state index contributed by atoms with van der Waals surface area (Å²) in [6.45, 7) is 8.33. The first kappa shape index (κ1) is 13.6. The third-order valence-electron chi connectivity index (χ3n) is 3.20. The summed E-state index contributed by atoms with van der Waals surface area (Å²) in [6.07, 6.45) is 0. The highest BCUT2D eigenvalue weighted by atomic mass is 31.2. The number of hydrogen-bond acceptors (Lipinski definition) is 4. The van der Waals surface area contributed by atoms with E-state index in [1.165, 1.54) is 0 Å². The van der Waals surface area contributed by atoms with Gasteiger partial charge in [-0.15, -0.1) is 0 Å². The molecule has 0 radical (unpaired) electrons. The molecule has 0 saturated carbocycles. The van der Waals surface area contributed by atoms with Crippen LogP contribution in [0.2, 0.25) is 0 Å². The smallest absolute Gasteiger partial charge is 0.251 e. The highest BCUT2D eigenvalue weighted by Gasteiger charge is 2.50. The maximum absolute atomic E-state index is 13.2. The van der Waals surface area contributed by atoms with Crippen molar-refractivity contribution in [3.8, 4) is 0 Å². The molecule has 100 valence electrons. The third-order valence-corrected chi connectivity index (χ3v) is 6.23. The first-order chi connectivity index (χ1) is 8.16. The highest BCUT2D eigenvalue weighted by molar-refractivity contribution is 7.68. The predicted octanol–water partition coefficient (Wildman–Crippen LogP) is 2.31. The molecule has 1 atom stereocenters. The molecule has 5 heteroatoms. The SMILES string of the molecule is CC1(C)COP(=O)(c2cccc(N)c2)C(C)(C)N1. The Labute approximate surface area is 108 Å². The second-order valence-electron chi connectivity index (χ2n) is 5.99. The van der Waals surface area contributed by atoms with Crippen molar-refractivity contribution in [1.29, 1.82) is 0 Å². The van der Waals surface area contributed by atoms with E-state index in [4.69, 9.17) is 10.3 Å². The van der Waals surface area contributed by atoms with Crippen LogP contribution in [0.5, 0.6) is 0 Å². The zero-order valence-corrected chi connectivity index (χ0v) is 12.3. The molecule has 0 aromatic heterocycles. The number of benzene rings is 1. The van der Waals surface area contributed by atoms with Crippen LogP contribution in [0, 0.1) is 0 Å². The molecule has 18 heavy (non-hydrogen) atoms. The molecule has 0 aliphatic carbocycles. The Morgan fingerprint density at radius 3 is 2.56 bits per heavy atom. The number of nitrogens with one attached hydrogen (secondary N) is 1. The molecule has 1 saturated heterocycles. The fraction of sp³-hybridized carbons (Fsp3) is 0.538. The van der Waals surface area contributed by atoms with Gasteiger partial charge in [0.05, 0.1) is 11.9 Å². The largest absolute Gasteiger partial charge is 0.399 e. The van der Waals surface area contributed by atoms with E-state index in [1.807, 2.05) is 39.8 Å². The lowest BCUT2D eigenvalue weighted by Gasteiger charge is -2.47. The molecule has 1 aliphatic rings. The van der Waals surface area contributed by atoms with Crippen molar-refractivity contribution in [3.63, 3.8) is 0 Å². The molecule has 1 fully saturated rings. The van der Waals surface area contributed by atoms with E-state index in [2.05, 4.69) is 5.32 Å². The van der Waals surface area contributed by atoms with Crippen LogP contribution in [-0.4, -0.2) is 17.4 Å². The van der Waals surface area contributed by atoms with Gasteiger partial charge in [-0.1, -0.05) is 6.07 Å². The standard InChI is InChI=1S/C13H21N2O2P/c1-12(2)9-17-18(16,13(3,4)15-12)11-7-5-6-10(14)8-11/h5-8,15H,9,14H2,1-4H3. The van der Waals surface area contributed by atoms with Gasteiger partial charge in [0.25, 0.3) is 7.37 Å². The minimum Gasteiger partial charge on any atom is -0.399 e. The molecule has 1 unspecified atom stereocenters. The summed E-state index contributed by atoms with van der Waals surface area (Å²) in [5.41, 5.74) is 6.19. The van der Waals surface area contributed by atoms with Crippen LogP contribution in [0.1, 0.15) is 27.7 Å². The number of rotatable bonds is 1. The average molecular weight is 268 g/mol. The normalized spacial score (nSPS) is 30.0. The number of hydrogen-bond donors (Lipinski definition) is 2. The fourth-order valence-electron chi connectivity index (χ4n) is 2.46. The zero-order chi connectivity index (χ0) is 13.6. The van der Waals surface area contributed by atoms with E-state index in [0.717, 1.165) is 0 Å². The Morgan fingerprint density at radius 1 is 1.33 bits per heavy atom. The van der Waals surface area contributed by atoms with Crippen molar-refractivity contribution in [1.82, 2.24) is 5.32 Å². The van der Waals surface area contributed by atoms with Crippen molar-refractivity contribution in [2.45, 2.75) is 38.5 Å². The van der Waals surface area contributed by atoms with Crippen molar-refractivity contribution in [3.05, 3.63) is 24.3 Å². The summed E-state index contributed by atoms with van der Waals surface area (Å²) >= 11 is 0. The molecule has 2 rings (SSSR count). The molecule has 0 spiro atoms. The van der Waals surface area contributed by atoms with E-state index in [0.29, 0.717) is 17.6 Å². The molecule has 1 aromatic rings. The summed E-state index contributed by atoms with van der Waals surface area (Å²) in [4.78, 5) is 0. The van der Waals surface area contributed by atoms with Gasteiger partial charge in [0.15, 0.2) is 0 Å². The molecule has 4 nitrogen and oxygen atoms in total. The van der Waals surface area contributed by atoms with Crippen LogP contribution < -0.4 is 16.4 Å². The van der Waals surface area contributed by atoms with E-state index in [-0.39, 0.29) is 5.54 Å². The van der Waals surface area contributed by atoms with Crippen molar-refractivity contribution >= 4 is 18.4 Å². The molecule has 0 amide bonds. The summed E-state index contributed by atoms with van der Waals surface area (Å²) in [7, 11) is -2.97. The Morgan fingerprint density at radius 2 is 2.00 bits per heavy atom. The summed E-state index contributed by atoms with van der Waals surface area (Å²) in [5.74, 6) is 0. The van der Waals surface area contributed by atoms with Crippen LogP contribution in [0.4, 0.5) is 5.69 Å². The van der Waals surface area contributed by atoms with Crippen LogP contribution in [0.15, 0.2) is 24.3 Å². The second-order valence-corrected chi connectivity index (χ2v) is 8.98. The van der Waals surface area contributed by atoms with Crippen LogP contribution in [0.3, 0.4) is 0 Å². The number of nitrogens with two attached hydrogens (primary N) is 1. The van der Waals surface area contributed by atoms with Gasteiger partial charge in [0.2, 0.25) is 0 Å². The van der Waals surface area contributed by atoms with Crippen LogP contribution in [0.25, 0.3) is 0 Å². The molecular weight excluding hydrogens is 247 g/mol. The number of nitrogen functional groups attached to an aromatic ring is 1. The van der Waals surface area contributed by atoms with Crippen molar-refractivity contribution in [2.24, 2.45) is 0 Å². The molecule has 1 heterocycles. The summed E-state index contributed by atoms with van der Waals surface area (Å²) in [5, 5.41) is 3.48. The van der Waals surface area contributed by atoms with Gasteiger partial charge in [0.1, 0.15) is 0 Å². The van der Waals surface area contributed by atoms with Crippen LogP contribution >= 0.6 is 7.37 Å². The Balaban J connectivity index is 2.46. The van der Waals surface area contributed by atoms with E-state index in [9.17, 15) is 4.57 Å². The van der Waals surface area contributed by atoms with Gasteiger partial charge in [-0.3, -0.25) is 9.88 Å².